The second kappa shape index (κ2) is 12.1. The zero-order valence-electron chi connectivity index (χ0n) is 22.7. The quantitative estimate of drug-likeness (QED) is 0.228. The number of aromatic nitrogens is 2. The van der Waals surface area contributed by atoms with Crippen LogP contribution in [0.2, 0.25) is 0 Å². The van der Waals surface area contributed by atoms with Crippen molar-refractivity contribution in [3.05, 3.63) is 112 Å². The summed E-state index contributed by atoms with van der Waals surface area (Å²) in [5, 5.41) is 12.2. The molecule has 12 nitrogen and oxygen atoms in total. The van der Waals surface area contributed by atoms with Gasteiger partial charge in [0.15, 0.2) is 11.5 Å². The molecular formula is C30H29N7O5. The van der Waals surface area contributed by atoms with Gasteiger partial charge in [0, 0.05) is 32.7 Å². The minimum Gasteiger partial charge on any atom is -0.454 e. The fourth-order valence-corrected chi connectivity index (χ4v) is 5.25. The highest BCUT2D eigenvalue weighted by atomic mass is 16.7. The van der Waals surface area contributed by atoms with Crippen molar-refractivity contribution in [3.63, 3.8) is 0 Å². The van der Waals surface area contributed by atoms with Gasteiger partial charge in [0.2, 0.25) is 24.3 Å². The summed E-state index contributed by atoms with van der Waals surface area (Å²) in [5.74, 6) is 0.611. The van der Waals surface area contributed by atoms with Gasteiger partial charge in [-0.25, -0.2) is 9.97 Å². The van der Waals surface area contributed by atoms with Gasteiger partial charge < -0.3 is 14.4 Å². The molecule has 3 heterocycles. The van der Waals surface area contributed by atoms with E-state index >= 15 is 0 Å². The van der Waals surface area contributed by atoms with Gasteiger partial charge in [-0.2, -0.15) is 0 Å². The maximum atomic E-state index is 13.4. The van der Waals surface area contributed by atoms with Crippen molar-refractivity contribution in [3.8, 4) is 11.5 Å². The molecule has 2 N–H and O–H groups in total. The molecule has 0 saturated carbocycles. The third-order valence-corrected chi connectivity index (χ3v) is 7.33. The second-order valence-electron chi connectivity index (χ2n) is 9.97. The largest absolute Gasteiger partial charge is 0.454 e. The second-order valence-corrected chi connectivity index (χ2v) is 9.97. The Morgan fingerprint density at radius 1 is 0.905 bits per heavy atom. The first-order valence-corrected chi connectivity index (χ1v) is 13.6. The Bertz CT molecular complexity index is 1520. The number of nitro groups is 1. The molecule has 4 aromatic rings. The van der Waals surface area contributed by atoms with Crippen LogP contribution in [0.25, 0.3) is 0 Å². The van der Waals surface area contributed by atoms with Gasteiger partial charge in [-0.05, 0) is 28.8 Å². The maximum absolute atomic E-state index is 13.4. The van der Waals surface area contributed by atoms with Crippen LogP contribution < -0.4 is 25.2 Å². The Kier molecular flexibility index (Phi) is 7.77. The number of amides is 1. The number of hydrazine groups is 1. The molecule has 0 aliphatic carbocycles. The van der Waals surface area contributed by atoms with Crippen LogP contribution in [-0.4, -0.2) is 58.7 Å². The molecule has 42 heavy (non-hydrogen) atoms. The van der Waals surface area contributed by atoms with E-state index in [1.54, 1.807) is 0 Å². The normalized spacial score (nSPS) is 14.5. The summed E-state index contributed by atoms with van der Waals surface area (Å²) in [7, 11) is 0. The monoisotopic (exact) mass is 567 g/mol. The van der Waals surface area contributed by atoms with E-state index in [1.165, 1.54) is 6.33 Å². The molecule has 1 aromatic heterocycles. The number of carbonyl (C=O) groups is 1. The molecule has 2 aliphatic rings. The lowest BCUT2D eigenvalue weighted by Gasteiger charge is -2.35. The van der Waals surface area contributed by atoms with Crippen molar-refractivity contribution in [2.24, 2.45) is 0 Å². The minimum atomic E-state index is -0.627. The number of rotatable bonds is 9. The molecule has 0 bridgehead atoms. The summed E-state index contributed by atoms with van der Waals surface area (Å²) in [6, 6.07) is 24.6. The zero-order chi connectivity index (χ0) is 28.9. The fourth-order valence-electron chi connectivity index (χ4n) is 5.25. The number of ether oxygens (including phenoxy) is 2. The average molecular weight is 568 g/mol. The number of nitrogens with zero attached hydrogens (tertiary/aromatic N) is 5. The van der Waals surface area contributed by atoms with Crippen LogP contribution in [0, 0.1) is 10.1 Å². The predicted molar refractivity (Wildman–Crippen MR) is 155 cm³/mol. The van der Waals surface area contributed by atoms with Crippen molar-refractivity contribution in [2.75, 3.05) is 43.3 Å². The molecule has 1 saturated heterocycles. The predicted octanol–water partition coefficient (Wildman–Crippen LogP) is 3.71. The van der Waals surface area contributed by atoms with Crippen LogP contribution in [-0.2, 0) is 11.3 Å². The lowest BCUT2D eigenvalue weighted by molar-refractivity contribution is -0.383. The van der Waals surface area contributed by atoms with Crippen LogP contribution in [0.15, 0.2) is 85.2 Å². The molecule has 1 amide bonds. The molecular weight excluding hydrogens is 538 g/mol. The van der Waals surface area contributed by atoms with Crippen molar-refractivity contribution in [1.29, 1.82) is 0 Å². The first-order chi connectivity index (χ1) is 20.6. The first-order valence-electron chi connectivity index (χ1n) is 13.6. The summed E-state index contributed by atoms with van der Waals surface area (Å²) in [6.07, 6.45) is 1.27. The molecule has 1 fully saturated rings. The van der Waals surface area contributed by atoms with E-state index in [0.29, 0.717) is 26.2 Å². The van der Waals surface area contributed by atoms with Crippen LogP contribution in [0.5, 0.6) is 11.5 Å². The van der Waals surface area contributed by atoms with Crippen molar-refractivity contribution in [2.45, 2.75) is 12.5 Å². The lowest BCUT2D eigenvalue weighted by atomic mass is 9.91. The van der Waals surface area contributed by atoms with E-state index < -0.39 is 10.8 Å². The molecule has 0 atom stereocenters. The number of piperazine rings is 1. The van der Waals surface area contributed by atoms with Crippen LogP contribution in [0.1, 0.15) is 22.6 Å². The van der Waals surface area contributed by atoms with E-state index in [2.05, 4.69) is 25.7 Å². The smallest absolute Gasteiger partial charge is 0.355 e. The van der Waals surface area contributed by atoms with Gasteiger partial charge in [0.05, 0.1) is 10.8 Å². The Morgan fingerprint density at radius 2 is 1.57 bits per heavy atom. The lowest BCUT2D eigenvalue weighted by Crippen LogP contribution is -2.46. The Labute approximate surface area is 242 Å². The summed E-state index contributed by atoms with van der Waals surface area (Å²) >= 11 is 0. The van der Waals surface area contributed by atoms with Crippen LogP contribution >= 0.6 is 0 Å². The van der Waals surface area contributed by atoms with Crippen molar-refractivity contribution >= 4 is 23.2 Å². The van der Waals surface area contributed by atoms with Gasteiger partial charge in [-0.3, -0.25) is 30.7 Å². The van der Waals surface area contributed by atoms with Crippen LogP contribution in [0.3, 0.4) is 0 Å². The SMILES string of the molecule is O=C(NNc1ncnc(N2CCN(Cc3ccc4c(c3)OCO4)CC2)c1[N+](=O)[O-])C(c1ccccc1)c1ccccc1. The topological polar surface area (TPSA) is 135 Å². The molecule has 0 unspecified atom stereocenters. The molecule has 3 aromatic carbocycles. The van der Waals surface area contributed by atoms with E-state index in [0.717, 1.165) is 34.7 Å². The minimum absolute atomic E-state index is 0.0824. The van der Waals surface area contributed by atoms with Gasteiger partial charge in [-0.15, -0.1) is 0 Å². The standard InChI is InChI=1S/C30H29N7O5/c38-30(26(22-7-3-1-4-8-22)23-9-5-2-6-10-23)34-33-28-27(37(39)40)29(32-19-31-28)36-15-13-35(14-16-36)18-21-11-12-24-25(17-21)42-20-41-24/h1-12,17,19,26H,13-16,18,20H2,(H,34,38)(H,31,32,33). The van der Waals surface area contributed by atoms with E-state index in [-0.39, 0.29) is 30.0 Å². The molecule has 2 aliphatic heterocycles. The summed E-state index contributed by atoms with van der Waals surface area (Å²) in [6.45, 7) is 3.40. The third kappa shape index (κ3) is 5.79. The van der Waals surface area contributed by atoms with E-state index in [9.17, 15) is 14.9 Å². The van der Waals surface area contributed by atoms with Gasteiger partial charge >= 0.3 is 5.69 Å². The molecule has 12 heteroatoms. The molecule has 6 rings (SSSR count). The Morgan fingerprint density at radius 3 is 2.24 bits per heavy atom. The highest BCUT2D eigenvalue weighted by Crippen LogP contribution is 2.34. The highest BCUT2D eigenvalue weighted by Gasteiger charge is 2.30. The molecule has 214 valence electrons. The Hall–Kier alpha value is -5.23. The van der Waals surface area contributed by atoms with Crippen molar-refractivity contribution < 1.29 is 19.2 Å². The summed E-state index contributed by atoms with van der Waals surface area (Å²) < 4.78 is 10.9. The number of nitrogens with one attached hydrogen (secondary N) is 2. The zero-order valence-corrected chi connectivity index (χ0v) is 22.7. The maximum Gasteiger partial charge on any atom is 0.355 e. The van der Waals surface area contributed by atoms with Gasteiger partial charge in [0.1, 0.15) is 6.33 Å². The number of hydrogen-bond acceptors (Lipinski definition) is 10. The van der Waals surface area contributed by atoms with Gasteiger partial charge in [0.25, 0.3) is 0 Å². The first kappa shape index (κ1) is 27.0. The van der Waals surface area contributed by atoms with E-state index in [4.69, 9.17) is 9.47 Å². The van der Waals surface area contributed by atoms with Crippen molar-refractivity contribution in [1.82, 2.24) is 20.3 Å². The number of carbonyl (C=O) groups excluding carboxylic acids is 1. The highest BCUT2D eigenvalue weighted by molar-refractivity contribution is 5.88. The number of fused-ring (bicyclic) bond motifs is 1. The Balaban J connectivity index is 1.14. The average Bonchev–Trinajstić information content (AvgIpc) is 3.49. The molecule has 0 spiro atoms. The van der Waals surface area contributed by atoms with Crippen LogP contribution in [0.4, 0.5) is 17.3 Å². The molecule has 0 radical (unpaired) electrons. The number of benzene rings is 3. The van der Waals surface area contributed by atoms with E-state index in [1.807, 2.05) is 83.8 Å². The summed E-state index contributed by atoms with van der Waals surface area (Å²) in [5.41, 5.74) is 7.74. The summed E-state index contributed by atoms with van der Waals surface area (Å²) in [4.78, 5) is 37.6. The third-order valence-electron chi connectivity index (χ3n) is 7.33. The fraction of sp³-hybridized carbons (Fsp3) is 0.233. The van der Waals surface area contributed by atoms with Gasteiger partial charge in [-0.1, -0.05) is 66.7 Å². The number of hydrogen-bond donors (Lipinski definition) is 2. The number of anilines is 2.